The van der Waals surface area contributed by atoms with Crippen molar-refractivity contribution in [3.63, 3.8) is 0 Å². The third-order valence-electron chi connectivity index (χ3n) is 3.27. The van der Waals surface area contributed by atoms with E-state index >= 15 is 0 Å². The molecule has 112 valence electrons. The molecule has 0 aromatic heterocycles. The smallest absolute Gasteiger partial charge is 0.133 e. The van der Waals surface area contributed by atoms with Gasteiger partial charge in [0.1, 0.15) is 23.9 Å². The van der Waals surface area contributed by atoms with Crippen LogP contribution < -0.4 is 15.2 Å². The van der Waals surface area contributed by atoms with Gasteiger partial charge in [0.2, 0.25) is 0 Å². The van der Waals surface area contributed by atoms with E-state index in [4.69, 9.17) is 15.2 Å². The number of hydrogen-bond acceptors (Lipinski definition) is 3. The topological polar surface area (TPSA) is 44.5 Å². The summed E-state index contributed by atoms with van der Waals surface area (Å²) in [5.41, 5.74) is 8.31. The van der Waals surface area contributed by atoms with Crippen molar-refractivity contribution in [2.45, 2.75) is 20.0 Å². The van der Waals surface area contributed by atoms with Crippen LogP contribution in [-0.4, -0.2) is 13.7 Å². The van der Waals surface area contributed by atoms with Gasteiger partial charge in [0.05, 0.1) is 7.11 Å². The highest BCUT2D eigenvalue weighted by atomic mass is 19.1. The van der Waals surface area contributed by atoms with Crippen molar-refractivity contribution in [3.8, 4) is 11.5 Å². The van der Waals surface area contributed by atoms with Crippen molar-refractivity contribution < 1.29 is 13.9 Å². The van der Waals surface area contributed by atoms with Crippen molar-refractivity contribution in [3.05, 3.63) is 58.9 Å². The van der Waals surface area contributed by atoms with Crippen molar-refractivity contribution in [2.24, 2.45) is 5.73 Å². The SMILES string of the molecule is COc1ccc(COc2ccc(C)cc2CCN)c(F)c1. The molecule has 2 N–H and O–H groups in total. The summed E-state index contributed by atoms with van der Waals surface area (Å²) in [6.07, 6.45) is 0.738. The maximum absolute atomic E-state index is 13.9. The highest BCUT2D eigenvalue weighted by Crippen LogP contribution is 2.23. The van der Waals surface area contributed by atoms with Gasteiger partial charge in [-0.25, -0.2) is 4.39 Å². The molecule has 0 heterocycles. The molecule has 3 nitrogen and oxygen atoms in total. The molecule has 0 aliphatic carbocycles. The number of benzene rings is 2. The van der Waals surface area contributed by atoms with Gasteiger partial charge >= 0.3 is 0 Å². The Hall–Kier alpha value is -2.07. The predicted molar refractivity (Wildman–Crippen MR) is 81.2 cm³/mol. The maximum Gasteiger partial charge on any atom is 0.133 e. The predicted octanol–water partition coefficient (Wildman–Crippen LogP) is 3.22. The van der Waals surface area contributed by atoms with E-state index < -0.39 is 0 Å². The molecule has 0 aliphatic heterocycles. The Morgan fingerprint density at radius 3 is 2.57 bits per heavy atom. The van der Waals surface area contributed by atoms with Crippen molar-refractivity contribution in [1.82, 2.24) is 0 Å². The Morgan fingerprint density at radius 1 is 1.10 bits per heavy atom. The van der Waals surface area contributed by atoms with Crippen LogP contribution in [0.25, 0.3) is 0 Å². The third kappa shape index (κ3) is 3.95. The van der Waals surface area contributed by atoms with Crippen LogP contribution in [0.2, 0.25) is 0 Å². The Balaban J connectivity index is 2.12. The van der Waals surface area contributed by atoms with Gasteiger partial charge in [0.25, 0.3) is 0 Å². The van der Waals surface area contributed by atoms with Gasteiger partial charge < -0.3 is 15.2 Å². The van der Waals surface area contributed by atoms with Gasteiger partial charge in [-0.2, -0.15) is 0 Å². The number of aryl methyl sites for hydroxylation is 1. The van der Waals surface area contributed by atoms with E-state index in [0.717, 1.165) is 23.3 Å². The summed E-state index contributed by atoms with van der Waals surface area (Å²) in [4.78, 5) is 0. The zero-order chi connectivity index (χ0) is 15.2. The molecule has 0 spiro atoms. The number of nitrogens with two attached hydrogens (primary N) is 1. The van der Waals surface area contributed by atoms with E-state index in [1.54, 1.807) is 12.1 Å². The molecule has 0 unspecified atom stereocenters. The summed E-state index contributed by atoms with van der Waals surface area (Å²) in [6.45, 7) is 2.75. The highest BCUT2D eigenvalue weighted by molar-refractivity contribution is 5.37. The van der Waals surface area contributed by atoms with Gasteiger partial charge in [-0.15, -0.1) is 0 Å². The molecule has 4 heteroatoms. The monoisotopic (exact) mass is 289 g/mol. The molecule has 2 rings (SSSR count). The first-order valence-electron chi connectivity index (χ1n) is 6.89. The molecule has 21 heavy (non-hydrogen) atoms. The van der Waals surface area contributed by atoms with Crippen molar-refractivity contribution >= 4 is 0 Å². The Kier molecular flexibility index (Phi) is 5.17. The van der Waals surface area contributed by atoms with Crippen LogP contribution in [0.15, 0.2) is 36.4 Å². The Labute approximate surface area is 124 Å². The molecule has 0 bridgehead atoms. The minimum Gasteiger partial charge on any atom is -0.497 e. The zero-order valence-corrected chi connectivity index (χ0v) is 12.4. The third-order valence-corrected chi connectivity index (χ3v) is 3.27. The van der Waals surface area contributed by atoms with Crippen LogP contribution in [0.5, 0.6) is 11.5 Å². The van der Waals surface area contributed by atoms with Gasteiger partial charge in [-0.3, -0.25) is 0 Å². The molecule has 0 saturated carbocycles. The average Bonchev–Trinajstić information content (AvgIpc) is 2.48. The Morgan fingerprint density at radius 2 is 1.90 bits per heavy atom. The van der Waals surface area contributed by atoms with Crippen molar-refractivity contribution in [1.29, 1.82) is 0 Å². The first-order chi connectivity index (χ1) is 10.1. The van der Waals surface area contributed by atoms with Crippen LogP contribution in [-0.2, 0) is 13.0 Å². The van der Waals surface area contributed by atoms with Gasteiger partial charge in [-0.05, 0) is 43.7 Å². The van der Waals surface area contributed by atoms with Gasteiger partial charge in [0.15, 0.2) is 0 Å². The molecule has 0 fully saturated rings. The standard InChI is InChI=1S/C17H20FNO2/c1-12-3-6-17(13(9-12)7-8-19)21-11-14-4-5-15(20-2)10-16(14)18/h3-6,9-10H,7-8,11,19H2,1-2H3. The van der Waals surface area contributed by atoms with Crippen molar-refractivity contribution in [2.75, 3.05) is 13.7 Å². The van der Waals surface area contributed by atoms with E-state index in [1.807, 2.05) is 25.1 Å². The summed E-state index contributed by atoms with van der Waals surface area (Å²) >= 11 is 0. The molecule has 0 amide bonds. The van der Waals surface area contributed by atoms with Crippen LogP contribution in [0, 0.1) is 12.7 Å². The van der Waals surface area contributed by atoms with Crippen LogP contribution in [0.3, 0.4) is 0 Å². The average molecular weight is 289 g/mol. The number of hydrogen-bond donors (Lipinski definition) is 1. The number of halogens is 1. The van der Waals surface area contributed by atoms with E-state index in [9.17, 15) is 4.39 Å². The van der Waals surface area contributed by atoms with E-state index in [2.05, 4.69) is 0 Å². The summed E-state index contributed by atoms with van der Waals surface area (Å²) in [5, 5.41) is 0. The largest absolute Gasteiger partial charge is 0.497 e. The first kappa shape index (κ1) is 15.3. The minimum atomic E-state index is -0.332. The second-order valence-electron chi connectivity index (χ2n) is 4.90. The second-order valence-corrected chi connectivity index (χ2v) is 4.90. The number of methoxy groups -OCH3 is 1. The molecular weight excluding hydrogens is 269 g/mol. The summed E-state index contributed by atoms with van der Waals surface area (Å²) in [6, 6.07) is 10.7. The molecular formula is C17H20FNO2. The van der Waals surface area contributed by atoms with E-state index in [0.29, 0.717) is 17.9 Å². The van der Waals surface area contributed by atoms with Gasteiger partial charge in [-0.1, -0.05) is 17.7 Å². The summed E-state index contributed by atoms with van der Waals surface area (Å²) < 4.78 is 24.6. The van der Waals surface area contributed by atoms with Crippen LogP contribution in [0.1, 0.15) is 16.7 Å². The lowest BCUT2D eigenvalue weighted by Gasteiger charge is -2.13. The fourth-order valence-electron chi connectivity index (χ4n) is 2.13. The number of rotatable bonds is 6. The molecule has 0 atom stereocenters. The molecule has 0 saturated heterocycles. The van der Waals surface area contributed by atoms with E-state index in [-0.39, 0.29) is 12.4 Å². The molecule has 0 radical (unpaired) electrons. The second kappa shape index (κ2) is 7.09. The normalized spacial score (nSPS) is 10.5. The molecule has 2 aromatic rings. The molecule has 0 aliphatic rings. The lowest BCUT2D eigenvalue weighted by atomic mass is 10.1. The fourth-order valence-corrected chi connectivity index (χ4v) is 2.13. The highest BCUT2D eigenvalue weighted by Gasteiger charge is 2.08. The maximum atomic E-state index is 13.9. The number of ether oxygens (including phenoxy) is 2. The lowest BCUT2D eigenvalue weighted by Crippen LogP contribution is -2.06. The fraction of sp³-hybridized carbons (Fsp3) is 0.294. The summed E-state index contributed by atoms with van der Waals surface area (Å²) in [5.74, 6) is 0.915. The molecule has 2 aromatic carbocycles. The Bertz CT molecular complexity index is 614. The lowest BCUT2D eigenvalue weighted by molar-refractivity contribution is 0.296. The zero-order valence-electron chi connectivity index (χ0n) is 12.4. The quantitative estimate of drug-likeness (QED) is 0.888. The first-order valence-corrected chi connectivity index (χ1v) is 6.89. The van der Waals surface area contributed by atoms with Crippen LogP contribution >= 0.6 is 0 Å². The van der Waals surface area contributed by atoms with Crippen LogP contribution in [0.4, 0.5) is 4.39 Å². The summed E-state index contributed by atoms with van der Waals surface area (Å²) in [7, 11) is 1.51. The van der Waals surface area contributed by atoms with Gasteiger partial charge in [0, 0.05) is 11.6 Å². The minimum absolute atomic E-state index is 0.177. The van der Waals surface area contributed by atoms with E-state index in [1.165, 1.54) is 13.2 Å².